The number of urea groups is 1. The van der Waals surface area contributed by atoms with Gasteiger partial charge in [-0.15, -0.1) is 6.42 Å². The standard InChI is InChI=1S/C33H31F3N6O2.C19H22F3N5O2S/c1-2-23-26(35)7-4-18-10-22(43)11-24(27(18)23)29-28(36)30-25(13-37-29)31(41-15-20-5-6-21(16-41)38-20)40-32(39-30)44-17-33-8-3-9-42(33)14-19(34)12-33;1-10-14(11-6-7-24-13(9-11)18(2,3)19(20,21)22)30-16(25-10)26-17(29)27-8-4-5-12(27)15(23)28/h1,4,7,10-11,13,19-21,38,43H,3,5-6,8-9,12,14-17H2;6-7,9,12H,4-5,8H2,1-3H3,(H2,23,28)(H,25,26,29). The van der Waals surface area contributed by atoms with Crippen LogP contribution in [0.1, 0.15) is 75.7 Å². The summed E-state index contributed by atoms with van der Waals surface area (Å²) in [6.07, 6.45) is 8.60. The SMILES string of the molecule is C#Cc1c(F)ccc2cc(O)cc(-c3ncc4c(N5CC6CCC(C5)N6)nc(OCC56CCCN5CC(F)C6)nc4c3F)c12.Cc1nc(NC(=O)N2CCCC2C(N)=O)sc1-c1ccnc(C(C)(C)C(F)(F)F)c1. The quantitative estimate of drug-likeness (QED) is 0.0800. The lowest BCUT2D eigenvalue weighted by molar-refractivity contribution is -0.181. The van der Waals surface area contributed by atoms with Gasteiger partial charge in [0.05, 0.1) is 32.8 Å². The van der Waals surface area contributed by atoms with Crippen molar-refractivity contribution < 1.29 is 45.8 Å². The van der Waals surface area contributed by atoms with Crippen LogP contribution in [0.15, 0.2) is 48.8 Å². The lowest BCUT2D eigenvalue weighted by Crippen LogP contribution is -2.51. The molecule has 74 heavy (non-hydrogen) atoms. The number of anilines is 2. The van der Waals surface area contributed by atoms with Crippen LogP contribution in [0.25, 0.3) is 43.4 Å². The molecule has 0 radical (unpaired) electrons. The van der Waals surface area contributed by atoms with Crippen LogP contribution < -0.4 is 26.0 Å². The number of carbonyl (C=O) groups is 2. The number of alkyl halides is 4. The van der Waals surface area contributed by atoms with Gasteiger partial charge in [-0.25, -0.2) is 22.9 Å². The molecule has 5 aliphatic heterocycles. The van der Waals surface area contributed by atoms with Crippen LogP contribution in [0.4, 0.5) is 42.1 Å². The summed E-state index contributed by atoms with van der Waals surface area (Å²) in [5.74, 6) is 0.787. The van der Waals surface area contributed by atoms with Crippen molar-refractivity contribution in [2.75, 3.05) is 49.5 Å². The van der Waals surface area contributed by atoms with E-state index in [1.54, 1.807) is 13.0 Å². The minimum absolute atomic E-state index is 0.00778. The van der Waals surface area contributed by atoms with Gasteiger partial charge >= 0.3 is 18.2 Å². The molecular weight excluding hydrogens is 989 g/mol. The predicted octanol–water partition coefficient (Wildman–Crippen LogP) is 8.54. The Bertz CT molecular complexity index is 3230. The van der Waals surface area contributed by atoms with Crippen molar-refractivity contribution in [3.63, 3.8) is 0 Å². The number of phenolic OH excluding ortho intramolecular Hbond substituents is 1. The summed E-state index contributed by atoms with van der Waals surface area (Å²) in [4.78, 5) is 52.3. The first-order valence-electron chi connectivity index (χ1n) is 24.4. The number of halogens is 6. The van der Waals surface area contributed by atoms with Crippen molar-refractivity contribution in [3.05, 3.63) is 77.4 Å². The normalized spacial score (nSPS) is 22.7. The number of nitrogens with two attached hydrogens (primary N) is 1. The van der Waals surface area contributed by atoms with Gasteiger partial charge in [0.25, 0.3) is 0 Å². The minimum Gasteiger partial charge on any atom is -0.508 e. The highest BCUT2D eigenvalue weighted by Gasteiger charge is 2.51. The van der Waals surface area contributed by atoms with Gasteiger partial charge in [0, 0.05) is 68.0 Å². The van der Waals surface area contributed by atoms with Crippen LogP contribution >= 0.6 is 11.3 Å². The van der Waals surface area contributed by atoms with Gasteiger partial charge in [-0.2, -0.15) is 23.1 Å². The van der Waals surface area contributed by atoms with Crippen molar-refractivity contribution in [1.82, 2.24) is 40.0 Å². The topological polar surface area (TPSA) is 188 Å². The summed E-state index contributed by atoms with van der Waals surface area (Å²) in [7, 11) is 0. The maximum absolute atomic E-state index is 16.7. The Labute approximate surface area is 425 Å². The van der Waals surface area contributed by atoms with Gasteiger partial charge in [-0.05, 0) is 107 Å². The maximum Gasteiger partial charge on any atom is 0.399 e. The third-order valence-electron chi connectivity index (χ3n) is 15.1. The van der Waals surface area contributed by atoms with E-state index in [1.165, 1.54) is 47.6 Å². The average molecular weight is 1040 g/mol. The molecule has 15 nitrogen and oxygen atoms in total. The fraction of sp³-hybridized carbons (Fsp3) is 0.442. The van der Waals surface area contributed by atoms with Gasteiger partial charge in [-0.3, -0.25) is 25.0 Å². The number of terminal acetylenes is 1. The van der Waals surface area contributed by atoms with E-state index >= 15 is 4.39 Å². The molecule has 22 heteroatoms. The molecule has 2 bridgehead atoms. The van der Waals surface area contributed by atoms with E-state index in [-0.39, 0.29) is 56.9 Å². The molecule has 388 valence electrons. The molecular formula is C52H53F6N11O4S. The van der Waals surface area contributed by atoms with Crippen molar-refractivity contribution in [2.24, 2.45) is 5.73 Å². The molecule has 0 aliphatic carbocycles. The third kappa shape index (κ3) is 9.38. The second-order valence-electron chi connectivity index (χ2n) is 20.2. The molecule has 0 saturated carbocycles. The highest BCUT2D eigenvalue weighted by Crippen LogP contribution is 2.44. The minimum atomic E-state index is -4.45. The number of hydrogen-bond donors (Lipinski definition) is 4. The van der Waals surface area contributed by atoms with Gasteiger partial charge in [0.1, 0.15) is 52.8 Å². The molecule has 2 aromatic carbocycles. The monoisotopic (exact) mass is 1040 g/mol. The number of amides is 3. The molecule has 5 aliphatic rings. The number of hydrogen-bond acceptors (Lipinski definition) is 13. The lowest BCUT2D eigenvalue weighted by atomic mass is 9.87. The average Bonchev–Trinajstić information content (AvgIpc) is 4.20. The van der Waals surface area contributed by atoms with Crippen LogP contribution in [0.2, 0.25) is 0 Å². The number of primary amides is 1. The van der Waals surface area contributed by atoms with E-state index in [4.69, 9.17) is 21.9 Å². The Balaban J connectivity index is 0.000000183. The highest BCUT2D eigenvalue weighted by atomic mass is 32.1. The number of carbonyl (C=O) groups excluding carboxylic acids is 2. The molecule has 5 fully saturated rings. The predicted molar refractivity (Wildman–Crippen MR) is 268 cm³/mol. The summed E-state index contributed by atoms with van der Waals surface area (Å²) in [6.45, 7) is 7.06. The summed E-state index contributed by atoms with van der Waals surface area (Å²) in [5.41, 5.74) is 3.75. The number of pyridine rings is 2. The van der Waals surface area contributed by atoms with Gasteiger partial charge in [0.15, 0.2) is 10.9 Å². The molecule has 5 unspecified atom stereocenters. The number of rotatable bonds is 9. The number of nitrogens with zero attached hydrogens (tertiary/aromatic N) is 8. The first-order valence-corrected chi connectivity index (χ1v) is 25.2. The Morgan fingerprint density at radius 3 is 2.53 bits per heavy atom. The number of aromatic hydroxyl groups is 1. The number of likely N-dealkylation sites (tertiary alicyclic amines) is 1. The number of phenols is 1. The molecule has 9 heterocycles. The van der Waals surface area contributed by atoms with E-state index < -0.39 is 52.9 Å². The third-order valence-corrected chi connectivity index (χ3v) is 16.2. The molecule has 5 N–H and O–H groups in total. The molecule has 5 atom stereocenters. The van der Waals surface area contributed by atoms with E-state index in [0.717, 1.165) is 57.4 Å². The van der Waals surface area contributed by atoms with Crippen LogP contribution in [0.5, 0.6) is 11.8 Å². The number of fused-ring (bicyclic) bond motifs is 5. The number of benzene rings is 2. The number of aryl methyl sites for hydroxylation is 1. The number of ether oxygens (including phenoxy) is 1. The van der Waals surface area contributed by atoms with Gasteiger partial charge < -0.3 is 30.7 Å². The zero-order chi connectivity index (χ0) is 52.4. The lowest BCUT2D eigenvalue weighted by Gasteiger charge is -2.34. The second-order valence-corrected chi connectivity index (χ2v) is 21.2. The zero-order valence-electron chi connectivity index (χ0n) is 40.7. The Hall–Kier alpha value is -6.83. The van der Waals surface area contributed by atoms with Crippen molar-refractivity contribution >= 4 is 55.9 Å². The van der Waals surface area contributed by atoms with E-state index in [0.29, 0.717) is 90.3 Å². The smallest absolute Gasteiger partial charge is 0.399 e. The van der Waals surface area contributed by atoms with Crippen LogP contribution in [0.3, 0.4) is 0 Å². The van der Waals surface area contributed by atoms with E-state index in [9.17, 15) is 36.6 Å². The molecule has 5 saturated heterocycles. The van der Waals surface area contributed by atoms with Crippen molar-refractivity contribution in [3.8, 4) is 45.8 Å². The number of nitrogens with one attached hydrogen (secondary N) is 2. The zero-order valence-corrected chi connectivity index (χ0v) is 41.5. The Morgan fingerprint density at radius 1 is 1.03 bits per heavy atom. The van der Waals surface area contributed by atoms with Crippen LogP contribution in [-0.4, -0.2) is 127 Å². The van der Waals surface area contributed by atoms with E-state index in [2.05, 4.69) is 46.3 Å². The van der Waals surface area contributed by atoms with Crippen molar-refractivity contribution in [1.29, 1.82) is 0 Å². The molecule has 0 spiro atoms. The molecule has 4 aromatic heterocycles. The fourth-order valence-electron chi connectivity index (χ4n) is 11.1. The Kier molecular flexibility index (Phi) is 13.3. The van der Waals surface area contributed by atoms with Crippen LogP contribution in [0, 0.1) is 30.9 Å². The first-order chi connectivity index (χ1) is 35.2. The van der Waals surface area contributed by atoms with Gasteiger partial charge in [-0.1, -0.05) is 23.3 Å². The molecule has 11 rings (SSSR count). The summed E-state index contributed by atoms with van der Waals surface area (Å²) in [6, 6.07) is 7.93. The number of aromatic nitrogens is 5. The van der Waals surface area contributed by atoms with Crippen molar-refractivity contribution in [2.45, 2.75) is 107 Å². The maximum atomic E-state index is 16.7. The summed E-state index contributed by atoms with van der Waals surface area (Å²) >= 11 is 1.14. The number of piperazine rings is 1. The number of thiazole rings is 1. The highest BCUT2D eigenvalue weighted by molar-refractivity contribution is 7.19. The molecule has 6 aromatic rings. The van der Waals surface area contributed by atoms with E-state index in [1.807, 2.05) is 0 Å². The fourth-order valence-corrected chi connectivity index (χ4v) is 12.1. The second kappa shape index (κ2) is 19.5. The first kappa shape index (κ1) is 50.7. The van der Waals surface area contributed by atoms with Crippen LogP contribution in [-0.2, 0) is 10.2 Å². The molecule has 3 amide bonds. The summed E-state index contributed by atoms with van der Waals surface area (Å²) < 4.78 is 92.3. The summed E-state index contributed by atoms with van der Waals surface area (Å²) in [5, 5.41) is 18.2. The Morgan fingerprint density at radius 2 is 1.80 bits per heavy atom. The van der Waals surface area contributed by atoms with Gasteiger partial charge in [0.2, 0.25) is 5.91 Å². The largest absolute Gasteiger partial charge is 0.508 e.